The van der Waals surface area contributed by atoms with Crippen LogP contribution in [-0.4, -0.2) is 23.6 Å². The number of aliphatic hydroxyl groups excluding tert-OH is 1. The van der Waals surface area contributed by atoms with E-state index in [2.05, 4.69) is 10.5 Å². The number of halogens is 5. The molecule has 2 aromatic rings. The molecule has 3 rings (SSSR count). The van der Waals surface area contributed by atoms with Gasteiger partial charge in [-0.3, -0.25) is 0 Å². The minimum absolute atomic E-state index is 0.0390. The lowest BCUT2D eigenvalue weighted by molar-refractivity contribution is -0.218. The molecule has 2 aromatic carbocycles. The summed E-state index contributed by atoms with van der Waals surface area (Å²) in [5.41, 5.74) is 3.50. The second-order valence-corrected chi connectivity index (χ2v) is 6.73. The third-order valence-corrected chi connectivity index (χ3v) is 4.88. The molecule has 2 unspecified atom stereocenters. The first-order valence-corrected chi connectivity index (χ1v) is 7.98. The van der Waals surface area contributed by atoms with Crippen LogP contribution in [0.15, 0.2) is 41.5 Å². The summed E-state index contributed by atoms with van der Waals surface area (Å²) in [6, 6.07) is 8.75. The van der Waals surface area contributed by atoms with Crippen LogP contribution in [0.1, 0.15) is 23.6 Å². The van der Waals surface area contributed by atoms with E-state index in [1.54, 1.807) is 6.07 Å². The zero-order chi connectivity index (χ0) is 18.4. The Bertz CT molecular complexity index is 854. The maximum absolute atomic E-state index is 13.4. The fraction of sp³-hybridized carbons (Fsp3) is 0.235. The lowest BCUT2D eigenvalue weighted by atomic mass is 9.71. The molecule has 0 spiro atoms. The van der Waals surface area contributed by atoms with E-state index in [-0.39, 0.29) is 21.2 Å². The molecule has 2 atom stereocenters. The smallest absolute Gasteiger partial charge is 0.382 e. The van der Waals surface area contributed by atoms with Gasteiger partial charge in [-0.2, -0.15) is 23.7 Å². The van der Waals surface area contributed by atoms with Crippen molar-refractivity contribution < 1.29 is 18.3 Å². The topological polar surface area (TPSA) is 46.7 Å². The van der Waals surface area contributed by atoms with Crippen LogP contribution < -0.4 is 5.43 Å². The van der Waals surface area contributed by atoms with Crippen molar-refractivity contribution >= 4 is 35.1 Å². The van der Waals surface area contributed by atoms with Gasteiger partial charge in [0.2, 0.25) is 0 Å². The minimum atomic E-state index is -4.85. The first-order chi connectivity index (χ1) is 11.6. The molecule has 1 radical (unpaired) electrons. The molecule has 0 amide bonds. The molecule has 25 heavy (non-hydrogen) atoms. The van der Waals surface area contributed by atoms with Crippen molar-refractivity contribution in [2.24, 2.45) is 5.10 Å². The highest BCUT2D eigenvalue weighted by molar-refractivity contribution is 6.35. The minimum Gasteiger partial charge on any atom is -0.382 e. The second kappa shape index (κ2) is 6.20. The summed E-state index contributed by atoms with van der Waals surface area (Å²) in [4.78, 5) is 0. The van der Waals surface area contributed by atoms with Crippen molar-refractivity contribution in [1.82, 2.24) is 5.43 Å². The number of alkyl halides is 3. The molecule has 1 N–H and O–H groups in total. The van der Waals surface area contributed by atoms with Crippen LogP contribution in [0, 0.1) is 0 Å². The van der Waals surface area contributed by atoms with Gasteiger partial charge in [-0.15, -0.1) is 0 Å². The molecule has 0 saturated heterocycles. The fourth-order valence-electron chi connectivity index (χ4n) is 2.92. The number of aliphatic hydroxyl groups is 1. The van der Waals surface area contributed by atoms with Gasteiger partial charge in [-0.1, -0.05) is 35.3 Å². The molecule has 1 aliphatic rings. The lowest BCUT2D eigenvalue weighted by Gasteiger charge is -2.37. The molecule has 0 saturated carbocycles. The Morgan fingerprint density at radius 1 is 1.08 bits per heavy atom. The van der Waals surface area contributed by atoms with Crippen LogP contribution in [-0.2, 0) is 5.41 Å². The van der Waals surface area contributed by atoms with Crippen LogP contribution in [0.2, 0.25) is 10.0 Å². The molecule has 0 bridgehead atoms. The molecule has 8 heteroatoms. The Morgan fingerprint density at radius 3 is 2.44 bits per heavy atom. The van der Waals surface area contributed by atoms with E-state index < -0.39 is 17.7 Å². The monoisotopic (exact) mass is 387 g/mol. The molecule has 131 valence electrons. The summed E-state index contributed by atoms with van der Waals surface area (Å²) >= 11 is 12.0. The average molecular weight is 388 g/mol. The Labute approximate surface area is 152 Å². The molecule has 3 nitrogen and oxygen atoms in total. The number of benzene rings is 2. The highest BCUT2D eigenvalue weighted by Gasteiger charge is 2.52. The van der Waals surface area contributed by atoms with E-state index in [1.165, 1.54) is 43.5 Å². The fourth-order valence-corrected chi connectivity index (χ4v) is 3.53. The van der Waals surface area contributed by atoms with Gasteiger partial charge in [0.05, 0.1) is 17.3 Å². The van der Waals surface area contributed by atoms with E-state index in [0.717, 1.165) is 0 Å². The number of fused-ring (bicyclic) bond motifs is 1. The summed E-state index contributed by atoms with van der Waals surface area (Å²) in [7, 11) is 0. The molecular weight excluding hydrogens is 376 g/mol. The van der Waals surface area contributed by atoms with Gasteiger partial charge < -0.3 is 5.11 Å². The summed E-state index contributed by atoms with van der Waals surface area (Å²) in [6.07, 6.45) is -6.08. The lowest BCUT2D eigenvalue weighted by Crippen LogP contribution is -2.47. The standard InChI is InChI=1S/C17H12Cl2F3N2O/c1-16(15(25)17(20,21)22,12-4-3-11(18)7-13(12)19)10-2-5-14-9(6-10)8-23-24-14/h2-8,15,25H,1H3. The van der Waals surface area contributed by atoms with E-state index in [9.17, 15) is 18.3 Å². The van der Waals surface area contributed by atoms with Crippen molar-refractivity contribution in [3.8, 4) is 0 Å². The quantitative estimate of drug-likeness (QED) is 0.807. The molecule has 1 heterocycles. The third kappa shape index (κ3) is 3.10. The van der Waals surface area contributed by atoms with Gasteiger partial charge in [-0.25, -0.2) is 0 Å². The largest absolute Gasteiger partial charge is 0.415 e. The molecule has 0 fully saturated rings. The maximum atomic E-state index is 13.4. The Balaban J connectivity index is 2.24. The number of hydrogen-bond acceptors (Lipinski definition) is 2. The Kier molecular flexibility index (Phi) is 4.47. The molecule has 1 aliphatic heterocycles. The van der Waals surface area contributed by atoms with Gasteiger partial charge in [-0.05, 0) is 42.3 Å². The van der Waals surface area contributed by atoms with Crippen LogP contribution in [0.5, 0.6) is 0 Å². The first kappa shape index (κ1) is 18.0. The van der Waals surface area contributed by atoms with E-state index >= 15 is 0 Å². The zero-order valence-corrected chi connectivity index (χ0v) is 14.4. The summed E-state index contributed by atoms with van der Waals surface area (Å²) in [5.74, 6) is 0. The first-order valence-electron chi connectivity index (χ1n) is 7.23. The van der Waals surface area contributed by atoms with Crippen molar-refractivity contribution in [2.75, 3.05) is 0 Å². The van der Waals surface area contributed by atoms with Crippen molar-refractivity contribution in [1.29, 1.82) is 0 Å². The second-order valence-electron chi connectivity index (χ2n) is 5.89. The van der Waals surface area contributed by atoms with Crippen LogP contribution in [0.4, 0.5) is 18.9 Å². The number of hydrogen-bond donors (Lipinski definition) is 1. The third-order valence-electron chi connectivity index (χ3n) is 4.34. The van der Waals surface area contributed by atoms with Gasteiger partial charge in [0, 0.05) is 15.6 Å². The number of rotatable bonds is 3. The van der Waals surface area contributed by atoms with Crippen LogP contribution in [0.25, 0.3) is 0 Å². The summed E-state index contributed by atoms with van der Waals surface area (Å²) in [5, 5.41) is 14.3. The highest BCUT2D eigenvalue weighted by atomic mass is 35.5. The number of nitrogens with zero attached hydrogens (tertiary/aromatic N) is 2. The van der Waals surface area contributed by atoms with Crippen LogP contribution in [0.3, 0.4) is 0 Å². The van der Waals surface area contributed by atoms with Gasteiger partial charge in [0.15, 0.2) is 6.10 Å². The van der Waals surface area contributed by atoms with E-state index in [4.69, 9.17) is 23.2 Å². The molecule has 0 aliphatic carbocycles. The Morgan fingerprint density at radius 2 is 1.80 bits per heavy atom. The average Bonchev–Trinajstić information content (AvgIpc) is 3.00. The van der Waals surface area contributed by atoms with Crippen molar-refractivity contribution in [3.05, 3.63) is 63.1 Å². The normalized spacial score (nSPS) is 16.9. The van der Waals surface area contributed by atoms with E-state index in [0.29, 0.717) is 11.3 Å². The maximum Gasteiger partial charge on any atom is 0.415 e. The highest BCUT2D eigenvalue weighted by Crippen LogP contribution is 2.45. The summed E-state index contributed by atoms with van der Waals surface area (Å²) in [6.45, 7) is 1.30. The summed E-state index contributed by atoms with van der Waals surface area (Å²) < 4.78 is 40.3. The zero-order valence-electron chi connectivity index (χ0n) is 12.9. The predicted octanol–water partition coefficient (Wildman–Crippen LogP) is 4.81. The molecule has 0 aromatic heterocycles. The predicted molar refractivity (Wildman–Crippen MR) is 90.8 cm³/mol. The van der Waals surface area contributed by atoms with Crippen molar-refractivity contribution in [2.45, 2.75) is 24.6 Å². The van der Waals surface area contributed by atoms with Gasteiger partial charge >= 0.3 is 6.18 Å². The SMILES string of the molecule is CC(c1ccc2c(c1)C=N[N]2)(c1ccc(Cl)cc1Cl)C(O)C(F)(F)F. The van der Waals surface area contributed by atoms with Crippen LogP contribution >= 0.6 is 23.2 Å². The Hall–Kier alpha value is -1.76. The van der Waals surface area contributed by atoms with Gasteiger partial charge in [0.1, 0.15) is 0 Å². The van der Waals surface area contributed by atoms with Gasteiger partial charge in [0.25, 0.3) is 0 Å². The van der Waals surface area contributed by atoms with E-state index in [1.807, 2.05) is 0 Å². The molecular formula is C17H12Cl2F3N2O. The van der Waals surface area contributed by atoms with Crippen molar-refractivity contribution in [3.63, 3.8) is 0 Å².